The Morgan fingerprint density at radius 2 is 1.59 bits per heavy atom. The van der Waals surface area contributed by atoms with Gasteiger partial charge in [-0.25, -0.2) is 4.98 Å². The van der Waals surface area contributed by atoms with Crippen LogP contribution in [0.15, 0.2) is 42.5 Å². The Bertz CT molecular complexity index is 1110. The zero-order valence-corrected chi connectivity index (χ0v) is 17.3. The predicted molar refractivity (Wildman–Crippen MR) is 114 cm³/mol. The van der Waals surface area contributed by atoms with Gasteiger partial charge >= 0.3 is 5.95 Å². The van der Waals surface area contributed by atoms with Crippen LogP contribution in [-0.2, 0) is 6.42 Å². The van der Waals surface area contributed by atoms with Gasteiger partial charge in [0.15, 0.2) is 0 Å². The third-order valence-electron chi connectivity index (χ3n) is 4.10. The first-order chi connectivity index (χ1) is 15.0. The molecule has 0 saturated heterocycles. The first-order valence-corrected chi connectivity index (χ1v) is 9.29. The Hall–Kier alpha value is -4.32. The number of nitrogens with one attached hydrogen (secondary N) is 1. The molecule has 0 aliphatic carbocycles. The van der Waals surface area contributed by atoms with Crippen LogP contribution in [-0.4, -0.2) is 20.8 Å². The van der Waals surface area contributed by atoms with Gasteiger partial charge in [0.25, 0.3) is 11.4 Å². The summed E-state index contributed by atoms with van der Waals surface area (Å²) in [6, 6.07) is 9.55. The van der Waals surface area contributed by atoms with E-state index in [4.69, 9.17) is 23.1 Å². The molecule has 3 rings (SSSR count). The van der Waals surface area contributed by atoms with Crippen LogP contribution >= 0.6 is 11.6 Å². The zero-order valence-electron chi connectivity index (χ0n) is 16.6. The number of nitro groups is 2. The number of carboxylic acid groups (broad SMARTS) is 1. The number of hydrogen-bond donors (Lipinski definition) is 2. The summed E-state index contributed by atoms with van der Waals surface area (Å²) in [7, 11) is 0. The second kappa shape index (κ2) is 10.1. The minimum absolute atomic E-state index is 0.331. The van der Waals surface area contributed by atoms with E-state index in [-0.39, 0.29) is 0 Å². The van der Waals surface area contributed by atoms with Crippen LogP contribution in [0.25, 0.3) is 11.1 Å². The van der Waals surface area contributed by atoms with Crippen molar-refractivity contribution < 1.29 is 24.7 Å². The molecule has 0 fully saturated rings. The first-order valence-electron chi connectivity index (χ1n) is 8.91. The molecule has 0 radical (unpaired) electrons. The van der Waals surface area contributed by atoms with Crippen LogP contribution < -0.4 is 21.6 Å². The number of nitro benzene ring substituents is 2. The Kier molecular flexibility index (Phi) is 7.58. The lowest BCUT2D eigenvalue weighted by Gasteiger charge is -2.07. The molecular formula is C19H17ClN6O6. The first kappa shape index (κ1) is 24.0. The predicted octanol–water partition coefficient (Wildman–Crippen LogP) is 1.81. The van der Waals surface area contributed by atoms with Crippen molar-refractivity contribution in [3.8, 4) is 11.1 Å². The number of aryl methyl sites for hydroxylation is 1. The molecule has 0 bridgehead atoms. The molecule has 0 spiro atoms. The summed E-state index contributed by atoms with van der Waals surface area (Å²) < 4.78 is 0. The SMILES string of the molecule is CCc1nc(N)[nH+]c(N)c1-c1ccc(Cl)cc1.O=C([O-])c1cc([N+](=O)[O-])cc([N+](=O)[O-])c1. The van der Waals surface area contributed by atoms with Crippen LogP contribution in [0.1, 0.15) is 23.0 Å². The number of rotatable bonds is 5. The fourth-order valence-electron chi connectivity index (χ4n) is 2.70. The average molecular weight is 461 g/mol. The van der Waals surface area contributed by atoms with Crippen molar-refractivity contribution in [3.05, 3.63) is 79.0 Å². The largest absolute Gasteiger partial charge is 0.545 e. The van der Waals surface area contributed by atoms with E-state index >= 15 is 0 Å². The van der Waals surface area contributed by atoms with Crippen molar-refractivity contribution in [2.45, 2.75) is 13.3 Å². The molecule has 1 heterocycles. The Labute approximate surface area is 185 Å². The third-order valence-corrected chi connectivity index (χ3v) is 4.36. The van der Waals surface area contributed by atoms with Gasteiger partial charge in [-0.15, -0.1) is 4.98 Å². The summed E-state index contributed by atoms with van der Waals surface area (Å²) in [5.41, 5.74) is 12.4. The molecule has 2 aromatic carbocycles. The van der Waals surface area contributed by atoms with E-state index in [1.54, 1.807) is 0 Å². The van der Waals surface area contributed by atoms with Gasteiger partial charge < -0.3 is 21.4 Å². The van der Waals surface area contributed by atoms with Crippen molar-refractivity contribution in [1.82, 2.24) is 4.98 Å². The number of nitrogen functional groups attached to an aromatic ring is 2. The number of aromatic nitrogens is 2. The number of aromatic amines is 1. The molecule has 166 valence electrons. The van der Waals surface area contributed by atoms with Gasteiger partial charge in [0, 0.05) is 22.7 Å². The number of carbonyl (C=O) groups is 1. The van der Waals surface area contributed by atoms with Crippen LogP contribution in [0.4, 0.5) is 23.1 Å². The highest BCUT2D eigenvalue weighted by Crippen LogP contribution is 2.28. The van der Waals surface area contributed by atoms with Crippen LogP contribution in [0.2, 0.25) is 5.02 Å². The number of carbonyl (C=O) groups excluding carboxylic acids is 1. The number of halogens is 1. The van der Waals surface area contributed by atoms with E-state index in [0.29, 0.717) is 35.0 Å². The molecule has 0 atom stereocenters. The minimum Gasteiger partial charge on any atom is -0.545 e. The number of benzene rings is 2. The number of nitrogens with two attached hydrogens (primary N) is 2. The van der Waals surface area contributed by atoms with Crippen LogP contribution in [0, 0.1) is 20.2 Å². The van der Waals surface area contributed by atoms with Crippen molar-refractivity contribution in [3.63, 3.8) is 0 Å². The van der Waals surface area contributed by atoms with E-state index in [1.807, 2.05) is 31.2 Å². The Balaban J connectivity index is 0.000000229. The van der Waals surface area contributed by atoms with Crippen molar-refractivity contribution in [2.75, 3.05) is 11.5 Å². The summed E-state index contributed by atoms with van der Waals surface area (Å²) in [6.45, 7) is 2.01. The van der Waals surface area contributed by atoms with Crippen molar-refractivity contribution >= 4 is 40.7 Å². The second-order valence-electron chi connectivity index (χ2n) is 6.26. The maximum absolute atomic E-state index is 10.4. The normalized spacial score (nSPS) is 10.1. The number of H-pyrrole nitrogens is 1. The van der Waals surface area contributed by atoms with Crippen LogP contribution in [0.5, 0.6) is 0 Å². The lowest BCUT2D eigenvalue weighted by Crippen LogP contribution is -2.22. The second-order valence-corrected chi connectivity index (χ2v) is 6.69. The van der Waals surface area contributed by atoms with E-state index < -0.39 is 32.8 Å². The lowest BCUT2D eigenvalue weighted by molar-refractivity contribution is -0.394. The smallest absolute Gasteiger partial charge is 0.342 e. The standard InChI is InChI=1S/C12H13ClN4.C7H4N2O6/c1-2-9-10(11(14)17-12(15)16-9)7-3-5-8(13)6-4-7;10-7(11)4-1-5(8(12)13)3-6(2-4)9(14)15/h3-6H,2H2,1H3,(H4,14,15,16,17);1-3H,(H,10,11). The topological polar surface area (TPSA) is 205 Å². The molecule has 0 amide bonds. The summed E-state index contributed by atoms with van der Waals surface area (Å²) in [6.07, 6.45) is 0.765. The van der Waals surface area contributed by atoms with Gasteiger partial charge in [-0.05, 0) is 24.1 Å². The fourth-order valence-corrected chi connectivity index (χ4v) is 2.83. The molecule has 13 heteroatoms. The number of nitrogens with zero attached hydrogens (tertiary/aromatic N) is 3. The minimum atomic E-state index is -1.71. The summed E-state index contributed by atoms with van der Waals surface area (Å²) in [5, 5.41) is 31.7. The fraction of sp³-hybridized carbons (Fsp3) is 0.105. The molecule has 5 N–H and O–H groups in total. The molecule has 0 unspecified atom stereocenters. The number of non-ortho nitro benzene ring substituents is 2. The van der Waals surface area contributed by atoms with Gasteiger partial charge in [-0.2, -0.15) is 0 Å². The van der Waals surface area contributed by atoms with Crippen LogP contribution in [0.3, 0.4) is 0 Å². The van der Waals surface area contributed by atoms with Gasteiger partial charge in [0.1, 0.15) is 5.69 Å². The highest BCUT2D eigenvalue weighted by Gasteiger charge is 2.17. The third kappa shape index (κ3) is 5.86. The van der Waals surface area contributed by atoms with E-state index in [1.165, 1.54) is 0 Å². The Morgan fingerprint density at radius 3 is 2.03 bits per heavy atom. The number of aromatic carboxylic acids is 1. The summed E-state index contributed by atoms with van der Waals surface area (Å²) >= 11 is 5.86. The summed E-state index contributed by atoms with van der Waals surface area (Å²) in [4.78, 5) is 36.3. The quantitative estimate of drug-likeness (QED) is 0.419. The Morgan fingerprint density at radius 1 is 1.06 bits per heavy atom. The van der Waals surface area contributed by atoms with Gasteiger partial charge in [-0.3, -0.25) is 20.2 Å². The number of anilines is 2. The monoisotopic (exact) mass is 460 g/mol. The van der Waals surface area contributed by atoms with Gasteiger partial charge in [-0.1, -0.05) is 30.7 Å². The molecule has 0 aliphatic heterocycles. The van der Waals surface area contributed by atoms with Gasteiger partial charge in [0.05, 0.1) is 27.4 Å². The zero-order chi connectivity index (χ0) is 24.0. The maximum Gasteiger partial charge on any atom is 0.342 e. The molecule has 0 saturated carbocycles. The lowest BCUT2D eigenvalue weighted by atomic mass is 10.0. The van der Waals surface area contributed by atoms with Gasteiger partial charge in [0.2, 0.25) is 5.82 Å². The molecule has 32 heavy (non-hydrogen) atoms. The highest BCUT2D eigenvalue weighted by atomic mass is 35.5. The van der Waals surface area contributed by atoms with E-state index in [2.05, 4.69) is 9.97 Å². The van der Waals surface area contributed by atoms with E-state index in [9.17, 15) is 30.1 Å². The van der Waals surface area contributed by atoms with E-state index in [0.717, 1.165) is 23.2 Å². The summed E-state index contributed by atoms with van der Waals surface area (Å²) in [5.74, 6) is -0.851. The molecule has 3 aromatic rings. The number of hydrogen-bond acceptors (Lipinski definition) is 9. The maximum atomic E-state index is 10.4. The molecule has 0 aliphatic rings. The number of carboxylic acids is 1. The van der Waals surface area contributed by atoms with Crippen molar-refractivity contribution in [1.29, 1.82) is 0 Å². The molecular weight excluding hydrogens is 444 g/mol. The molecule has 1 aromatic heterocycles. The van der Waals surface area contributed by atoms with Crippen molar-refractivity contribution in [2.24, 2.45) is 0 Å². The molecule has 12 nitrogen and oxygen atoms in total. The highest BCUT2D eigenvalue weighted by molar-refractivity contribution is 6.30. The average Bonchev–Trinajstić information content (AvgIpc) is 2.74.